The van der Waals surface area contributed by atoms with E-state index in [0.29, 0.717) is 12.0 Å². The van der Waals surface area contributed by atoms with Gasteiger partial charge < -0.3 is 15.4 Å². The summed E-state index contributed by atoms with van der Waals surface area (Å²) in [5.74, 6) is 1.53. The maximum absolute atomic E-state index is 13.3. The average molecular weight is 470 g/mol. The van der Waals surface area contributed by atoms with E-state index in [9.17, 15) is 14.7 Å². The van der Waals surface area contributed by atoms with E-state index in [-0.39, 0.29) is 17.5 Å². The molecule has 0 radical (unpaired) electrons. The predicted octanol–water partition coefficient (Wildman–Crippen LogP) is 4.55. The number of aromatic nitrogens is 1. The topological polar surface area (TPSA) is 94.2 Å². The molecular weight excluding hydrogens is 438 g/mol. The number of carboxylic acid groups (broad SMARTS) is 1. The van der Waals surface area contributed by atoms with Crippen LogP contribution >= 0.6 is 0 Å². The molecule has 4 aliphatic carbocycles. The number of amides is 1. The summed E-state index contributed by atoms with van der Waals surface area (Å²) in [6, 6.07) is 14.8. The molecule has 6 heteroatoms. The summed E-state index contributed by atoms with van der Waals surface area (Å²) >= 11 is 0. The maximum Gasteiger partial charge on any atom is 0.321 e. The van der Waals surface area contributed by atoms with Gasteiger partial charge in [-0.25, -0.2) is 0 Å². The van der Waals surface area contributed by atoms with Gasteiger partial charge in [-0.3, -0.25) is 14.9 Å². The van der Waals surface area contributed by atoms with Gasteiger partial charge in [0.05, 0.1) is 6.04 Å². The van der Waals surface area contributed by atoms with Gasteiger partial charge >= 0.3 is 5.97 Å². The quantitative estimate of drug-likeness (QED) is 0.451. The molecule has 2 aromatic carbocycles. The van der Waals surface area contributed by atoms with Crippen LogP contribution in [0.25, 0.3) is 10.9 Å². The monoisotopic (exact) mass is 469 g/mol. The largest absolute Gasteiger partial charge is 0.480 e. The number of carbonyl (C=O) groups is 2. The van der Waals surface area contributed by atoms with E-state index in [1.54, 1.807) is 0 Å². The van der Waals surface area contributed by atoms with Crippen LogP contribution in [0.15, 0.2) is 48.5 Å². The van der Waals surface area contributed by atoms with Crippen LogP contribution in [-0.2, 0) is 11.2 Å². The number of carbonyl (C=O) groups excluding carboxylic acids is 1. The molecule has 4 N–H and O–H groups in total. The standard InChI is InChI=1S/C29H31N3O3/c33-27(32-29-13-16-9-17(14-29)11-18(10-16)15-29)20-7-5-19(6-8-20)25-26-22(12-24(31-25)28(34)35)21-3-1-2-4-23(21)30-26/h1-8,16-18,24-25,30-31H,9-15H2,(H,32,33)(H,34,35)/t16?,17?,18?,24-,25+,29?/m1/s1. The molecule has 35 heavy (non-hydrogen) atoms. The summed E-state index contributed by atoms with van der Waals surface area (Å²) in [7, 11) is 0. The Labute approximate surface area is 204 Å². The van der Waals surface area contributed by atoms with Crippen LogP contribution < -0.4 is 10.6 Å². The molecule has 0 saturated heterocycles. The van der Waals surface area contributed by atoms with Crippen molar-refractivity contribution < 1.29 is 14.7 Å². The van der Waals surface area contributed by atoms with Crippen LogP contribution in [-0.4, -0.2) is 33.5 Å². The van der Waals surface area contributed by atoms with Crippen molar-refractivity contribution >= 4 is 22.8 Å². The lowest BCUT2D eigenvalue weighted by Crippen LogP contribution is -2.59. The Bertz CT molecular complexity index is 1290. The molecule has 1 amide bonds. The van der Waals surface area contributed by atoms with Crippen molar-refractivity contribution in [3.63, 3.8) is 0 Å². The molecule has 4 saturated carbocycles. The summed E-state index contributed by atoms with van der Waals surface area (Å²) < 4.78 is 0. The number of hydrogen-bond acceptors (Lipinski definition) is 3. The number of para-hydroxylation sites is 1. The zero-order valence-corrected chi connectivity index (χ0v) is 19.7. The second-order valence-corrected chi connectivity index (χ2v) is 11.5. The highest BCUT2D eigenvalue weighted by molar-refractivity contribution is 5.95. The molecule has 180 valence electrons. The summed E-state index contributed by atoms with van der Waals surface area (Å²) in [6.45, 7) is 0. The fourth-order valence-electron chi connectivity index (χ4n) is 8.06. The predicted molar refractivity (Wildman–Crippen MR) is 133 cm³/mol. The van der Waals surface area contributed by atoms with Crippen molar-refractivity contribution in [3.05, 3.63) is 70.9 Å². The van der Waals surface area contributed by atoms with Crippen molar-refractivity contribution in [2.45, 2.75) is 62.6 Å². The van der Waals surface area contributed by atoms with Crippen LogP contribution in [0.3, 0.4) is 0 Å². The Morgan fingerprint density at radius 1 is 0.914 bits per heavy atom. The van der Waals surface area contributed by atoms with Crippen LogP contribution in [0.2, 0.25) is 0 Å². The normalized spacial score (nSPS) is 33.0. The fourth-order valence-corrected chi connectivity index (χ4v) is 8.06. The number of benzene rings is 2. The van der Waals surface area contributed by atoms with E-state index in [2.05, 4.69) is 15.6 Å². The Morgan fingerprint density at radius 3 is 2.23 bits per heavy atom. The SMILES string of the molecule is O=C(NC12CC3CC(CC(C3)C1)C2)c1ccc([C@@H]2N[C@@H](C(=O)O)Cc3c2[nH]c2ccccc32)cc1. The highest BCUT2D eigenvalue weighted by Crippen LogP contribution is 2.55. The molecular formula is C29H31N3O3. The number of aromatic amines is 1. The number of carboxylic acids is 1. The van der Waals surface area contributed by atoms with Gasteiger partial charge in [0.2, 0.25) is 0 Å². The van der Waals surface area contributed by atoms with E-state index >= 15 is 0 Å². The number of hydrogen-bond donors (Lipinski definition) is 4. The molecule has 2 atom stereocenters. The Hall–Kier alpha value is -3.12. The molecule has 6 nitrogen and oxygen atoms in total. The lowest BCUT2D eigenvalue weighted by Gasteiger charge is -2.56. The molecule has 1 aromatic heterocycles. The molecule has 2 heterocycles. The summed E-state index contributed by atoms with van der Waals surface area (Å²) in [4.78, 5) is 28.7. The zero-order valence-electron chi connectivity index (χ0n) is 19.7. The minimum atomic E-state index is -0.850. The third-order valence-electron chi connectivity index (χ3n) is 9.13. The van der Waals surface area contributed by atoms with Gasteiger partial charge in [-0.2, -0.15) is 0 Å². The number of H-pyrrole nitrogens is 1. The van der Waals surface area contributed by atoms with E-state index in [0.717, 1.165) is 64.7 Å². The highest BCUT2D eigenvalue weighted by atomic mass is 16.4. The third kappa shape index (κ3) is 3.49. The molecule has 4 fully saturated rings. The smallest absolute Gasteiger partial charge is 0.321 e. The second kappa shape index (κ2) is 7.69. The van der Waals surface area contributed by atoms with Gasteiger partial charge in [0, 0.05) is 34.1 Å². The first-order valence-electron chi connectivity index (χ1n) is 13.0. The molecule has 0 unspecified atom stereocenters. The first-order valence-corrected chi connectivity index (χ1v) is 13.0. The molecule has 1 aliphatic heterocycles. The molecule has 8 rings (SSSR count). The van der Waals surface area contributed by atoms with E-state index in [4.69, 9.17) is 0 Å². The van der Waals surface area contributed by atoms with Gasteiger partial charge in [-0.05, 0) is 85.6 Å². The Morgan fingerprint density at radius 2 is 1.57 bits per heavy atom. The zero-order chi connectivity index (χ0) is 23.7. The van der Waals surface area contributed by atoms with Crippen molar-refractivity contribution in [1.29, 1.82) is 0 Å². The van der Waals surface area contributed by atoms with Gasteiger partial charge in [0.15, 0.2) is 0 Å². The average Bonchev–Trinajstić information content (AvgIpc) is 3.21. The van der Waals surface area contributed by atoms with Gasteiger partial charge in [-0.1, -0.05) is 30.3 Å². The number of nitrogens with one attached hydrogen (secondary N) is 3. The lowest BCUT2D eigenvalue weighted by molar-refractivity contribution is -0.139. The Balaban J connectivity index is 1.16. The summed E-state index contributed by atoms with van der Waals surface area (Å²) in [6.07, 6.45) is 7.90. The van der Waals surface area contributed by atoms with Crippen molar-refractivity contribution in [2.24, 2.45) is 17.8 Å². The molecule has 3 aromatic rings. The van der Waals surface area contributed by atoms with Gasteiger partial charge in [0.25, 0.3) is 5.91 Å². The number of fused-ring (bicyclic) bond motifs is 3. The first-order chi connectivity index (χ1) is 17.0. The van der Waals surface area contributed by atoms with E-state index in [1.807, 2.05) is 48.5 Å². The Kier molecular flexibility index (Phi) is 4.65. The van der Waals surface area contributed by atoms with Crippen LogP contribution in [0.5, 0.6) is 0 Å². The third-order valence-corrected chi connectivity index (χ3v) is 9.13. The van der Waals surface area contributed by atoms with Gasteiger partial charge in [-0.15, -0.1) is 0 Å². The molecule has 5 aliphatic rings. The minimum Gasteiger partial charge on any atom is -0.480 e. The summed E-state index contributed by atoms with van der Waals surface area (Å²) in [5, 5.41) is 17.6. The van der Waals surface area contributed by atoms with E-state index in [1.165, 1.54) is 19.3 Å². The minimum absolute atomic E-state index is 0.0105. The van der Waals surface area contributed by atoms with Crippen molar-refractivity contribution in [1.82, 2.24) is 15.6 Å². The van der Waals surface area contributed by atoms with Crippen molar-refractivity contribution in [2.75, 3.05) is 0 Å². The van der Waals surface area contributed by atoms with Crippen LogP contribution in [0.4, 0.5) is 0 Å². The number of rotatable bonds is 4. The lowest BCUT2D eigenvalue weighted by atomic mass is 9.53. The molecule has 4 bridgehead atoms. The maximum atomic E-state index is 13.3. The fraction of sp³-hybridized carbons (Fsp3) is 0.448. The highest BCUT2D eigenvalue weighted by Gasteiger charge is 2.51. The number of aliphatic carboxylic acids is 1. The van der Waals surface area contributed by atoms with Crippen LogP contribution in [0, 0.1) is 17.8 Å². The first kappa shape index (κ1) is 21.2. The summed E-state index contributed by atoms with van der Waals surface area (Å²) in [5.41, 5.74) is 4.70. The van der Waals surface area contributed by atoms with Gasteiger partial charge in [0.1, 0.15) is 6.04 Å². The van der Waals surface area contributed by atoms with Crippen LogP contribution in [0.1, 0.15) is 71.7 Å². The second-order valence-electron chi connectivity index (χ2n) is 11.5. The van der Waals surface area contributed by atoms with E-state index < -0.39 is 12.0 Å². The molecule has 0 spiro atoms. The van der Waals surface area contributed by atoms with Crippen molar-refractivity contribution in [3.8, 4) is 0 Å².